The van der Waals surface area contributed by atoms with Gasteiger partial charge in [0.05, 0.1) is 10.7 Å². The fraction of sp³-hybridized carbons (Fsp3) is 0.417. The van der Waals surface area contributed by atoms with Crippen molar-refractivity contribution < 1.29 is 4.74 Å². The first-order valence-electron chi connectivity index (χ1n) is 5.37. The van der Waals surface area contributed by atoms with Crippen LogP contribution in [0.4, 0.5) is 5.69 Å². The van der Waals surface area contributed by atoms with Gasteiger partial charge in [0.15, 0.2) is 0 Å². The van der Waals surface area contributed by atoms with Crippen molar-refractivity contribution in [2.24, 2.45) is 4.99 Å². The molecule has 1 aromatic carbocycles. The molecule has 1 unspecified atom stereocenters. The van der Waals surface area contributed by atoms with Crippen LogP contribution in [0, 0.1) is 0 Å². The number of hydrogen-bond donors (Lipinski definition) is 0. The number of hydrogen-bond acceptors (Lipinski definition) is 3. The minimum Gasteiger partial charge on any atom is -0.472 e. The molecule has 0 amide bonds. The number of rotatable bonds is 4. The maximum Gasteiger partial charge on any atom is 0.273 e. The van der Waals surface area contributed by atoms with Gasteiger partial charge in [-0.05, 0) is 19.1 Å². The summed E-state index contributed by atoms with van der Waals surface area (Å²) < 4.78 is 4.99. The van der Waals surface area contributed by atoms with Gasteiger partial charge in [0.25, 0.3) is 6.40 Å². The van der Waals surface area contributed by atoms with Crippen LogP contribution in [0.3, 0.4) is 0 Å². The van der Waals surface area contributed by atoms with Crippen LogP contribution < -0.4 is 4.90 Å². The third-order valence-corrected chi connectivity index (χ3v) is 2.90. The second-order valence-electron chi connectivity index (χ2n) is 3.68. The fourth-order valence-electron chi connectivity index (χ4n) is 1.74. The first-order valence-corrected chi connectivity index (χ1v) is 5.75. The van der Waals surface area contributed by atoms with Gasteiger partial charge in [0.1, 0.15) is 12.6 Å². The summed E-state index contributed by atoms with van der Waals surface area (Å²) in [6, 6.07) is 8.01. The van der Waals surface area contributed by atoms with E-state index in [9.17, 15) is 0 Å². The molecular formula is C12H14ClN2O. The summed E-state index contributed by atoms with van der Waals surface area (Å²) in [5.74, 6) is 0. The van der Waals surface area contributed by atoms with E-state index in [1.54, 1.807) is 0 Å². The van der Waals surface area contributed by atoms with Gasteiger partial charge < -0.3 is 9.64 Å². The molecule has 2 rings (SSSR count). The van der Waals surface area contributed by atoms with E-state index in [4.69, 9.17) is 16.3 Å². The highest BCUT2D eigenvalue weighted by Gasteiger charge is 2.17. The molecule has 1 radical (unpaired) electrons. The Labute approximate surface area is 101 Å². The molecule has 1 aliphatic rings. The number of para-hydroxylation sites is 1. The van der Waals surface area contributed by atoms with Crippen molar-refractivity contribution in [3.63, 3.8) is 0 Å². The minimum atomic E-state index is 0.163. The molecule has 0 bridgehead atoms. The Bertz CT molecular complexity index is 381. The van der Waals surface area contributed by atoms with E-state index in [1.807, 2.05) is 24.3 Å². The highest BCUT2D eigenvalue weighted by molar-refractivity contribution is 6.33. The zero-order valence-corrected chi connectivity index (χ0v) is 9.94. The lowest BCUT2D eigenvalue weighted by Gasteiger charge is -2.25. The van der Waals surface area contributed by atoms with E-state index in [1.165, 1.54) is 0 Å². The average Bonchev–Trinajstić information content (AvgIpc) is 2.80. The van der Waals surface area contributed by atoms with Gasteiger partial charge in [-0.1, -0.05) is 23.7 Å². The maximum absolute atomic E-state index is 6.16. The zero-order valence-electron chi connectivity index (χ0n) is 9.19. The Morgan fingerprint density at radius 1 is 1.56 bits per heavy atom. The summed E-state index contributed by atoms with van der Waals surface area (Å²) >= 11 is 6.16. The molecule has 0 N–H and O–H groups in total. The van der Waals surface area contributed by atoms with Crippen molar-refractivity contribution in [1.82, 2.24) is 0 Å². The normalized spacial score (nSPS) is 18.5. The summed E-state index contributed by atoms with van der Waals surface area (Å²) in [6.07, 6.45) is 2.53. The predicted octanol–water partition coefficient (Wildman–Crippen LogP) is 2.47. The highest BCUT2D eigenvalue weighted by Crippen LogP contribution is 2.25. The number of nitrogens with zero attached hydrogens (tertiary/aromatic N) is 2. The predicted molar refractivity (Wildman–Crippen MR) is 66.5 cm³/mol. The zero-order chi connectivity index (χ0) is 11.4. The number of halogens is 1. The van der Waals surface area contributed by atoms with Crippen LogP contribution in [-0.2, 0) is 4.74 Å². The molecular weight excluding hydrogens is 224 g/mol. The maximum atomic E-state index is 6.16. The summed E-state index contributed by atoms with van der Waals surface area (Å²) in [5.41, 5.74) is 1.05. The molecule has 4 heteroatoms. The van der Waals surface area contributed by atoms with Crippen molar-refractivity contribution >= 4 is 23.7 Å². The SMILES string of the molecule is CCN(CC1CO[C]=N1)c1ccccc1Cl. The number of benzene rings is 1. The second-order valence-corrected chi connectivity index (χ2v) is 4.08. The fourth-order valence-corrected chi connectivity index (χ4v) is 1.99. The summed E-state index contributed by atoms with van der Waals surface area (Å²) in [6.45, 7) is 4.43. The van der Waals surface area contributed by atoms with Gasteiger partial charge in [-0.3, -0.25) is 0 Å². The monoisotopic (exact) mass is 237 g/mol. The Morgan fingerprint density at radius 3 is 3.00 bits per heavy atom. The van der Waals surface area contributed by atoms with E-state index in [2.05, 4.69) is 23.2 Å². The summed E-state index contributed by atoms with van der Waals surface area (Å²) in [7, 11) is 0. The van der Waals surface area contributed by atoms with Crippen LogP contribution in [-0.4, -0.2) is 32.1 Å². The van der Waals surface area contributed by atoms with E-state index in [-0.39, 0.29) is 6.04 Å². The molecule has 0 fully saturated rings. The molecule has 0 aliphatic carbocycles. The molecule has 1 heterocycles. The van der Waals surface area contributed by atoms with Crippen molar-refractivity contribution in [3.8, 4) is 0 Å². The van der Waals surface area contributed by atoms with Crippen LogP contribution >= 0.6 is 11.6 Å². The largest absolute Gasteiger partial charge is 0.472 e. The third-order valence-electron chi connectivity index (χ3n) is 2.58. The number of aliphatic imine (C=N–C) groups is 1. The molecule has 3 nitrogen and oxygen atoms in total. The molecule has 0 aromatic heterocycles. The molecule has 0 saturated heterocycles. The van der Waals surface area contributed by atoms with Gasteiger partial charge in [-0.2, -0.15) is 0 Å². The lowest BCUT2D eigenvalue weighted by molar-refractivity contribution is 0.328. The Balaban J connectivity index is 2.10. The molecule has 1 atom stereocenters. The van der Waals surface area contributed by atoms with Crippen molar-refractivity contribution in [2.75, 3.05) is 24.6 Å². The van der Waals surface area contributed by atoms with Gasteiger partial charge in [0.2, 0.25) is 0 Å². The van der Waals surface area contributed by atoms with E-state index in [0.717, 1.165) is 23.8 Å². The van der Waals surface area contributed by atoms with Gasteiger partial charge >= 0.3 is 0 Å². The van der Waals surface area contributed by atoms with Crippen molar-refractivity contribution in [3.05, 3.63) is 29.3 Å². The van der Waals surface area contributed by atoms with Crippen LogP contribution in [0.15, 0.2) is 29.3 Å². The lowest BCUT2D eigenvalue weighted by atomic mass is 10.2. The molecule has 0 spiro atoms. The third kappa shape index (κ3) is 2.47. The van der Waals surface area contributed by atoms with Crippen molar-refractivity contribution in [1.29, 1.82) is 0 Å². The average molecular weight is 238 g/mol. The van der Waals surface area contributed by atoms with E-state index in [0.29, 0.717) is 6.61 Å². The minimum absolute atomic E-state index is 0.163. The quantitative estimate of drug-likeness (QED) is 0.804. The van der Waals surface area contributed by atoms with Crippen molar-refractivity contribution in [2.45, 2.75) is 13.0 Å². The molecule has 1 aromatic rings. The number of anilines is 1. The first kappa shape index (κ1) is 11.3. The molecule has 1 aliphatic heterocycles. The van der Waals surface area contributed by atoms with Crippen LogP contribution in [0.2, 0.25) is 5.02 Å². The van der Waals surface area contributed by atoms with Gasteiger partial charge in [-0.15, -0.1) is 0 Å². The Morgan fingerprint density at radius 2 is 2.38 bits per heavy atom. The topological polar surface area (TPSA) is 24.8 Å². The first-order chi connectivity index (χ1) is 7.81. The Hall–Kier alpha value is -1.22. The number of likely N-dealkylation sites (N-methyl/N-ethyl adjacent to an activating group) is 1. The Kier molecular flexibility index (Phi) is 3.67. The van der Waals surface area contributed by atoms with Crippen LogP contribution in [0.1, 0.15) is 6.92 Å². The van der Waals surface area contributed by atoms with Crippen LogP contribution in [0.5, 0.6) is 0 Å². The number of ether oxygens (including phenoxy) is 1. The molecule has 85 valence electrons. The second kappa shape index (κ2) is 5.21. The van der Waals surface area contributed by atoms with Gasteiger partial charge in [0, 0.05) is 13.1 Å². The summed E-state index contributed by atoms with van der Waals surface area (Å²) in [4.78, 5) is 6.32. The standard InChI is InChI=1S/C12H14ClN2O/c1-2-15(7-10-8-16-9-14-10)12-6-4-3-5-11(12)13/h3-6,10H,2,7-8H2,1H3. The molecule has 16 heavy (non-hydrogen) atoms. The van der Waals surface area contributed by atoms with E-state index >= 15 is 0 Å². The van der Waals surface area contributed by atoms with Crippen LogP contribution in [0.25, 0.3) is 0 Å². The highest BCUT2D eigenvalue weighted by atomic mass is 35.5. The summed E-state index contributed by atoms with van der Waals surface area (Å²) in [5, 5.41) is 0.774. The van der Waals surface area contributed by atoms with E-state index < -0.39 is 0 Å². The van der Waals surface area contributed by atoms with Gasteiger partial charge in [-0.25, -0.2) is 4.99 Å². The lowest BCUT2D eigenvalue weighted by Crippen LogP contribution is -2.32. The molecule has 0 saturated carbocycles. The smallest absolute Gasteiger partial charge is 0.273 e.